The molecule has 2 aromatic carbocycles. The van der Waals surface area contributed by atoms with Gasteiger partial charge in [0.2, 0.25) is 5.95 Å². The number of nitrogens with zero attached hydrogens (tertiary/aromatic N) is 2. The van der Waals surface area contributed by atoms with E-state index in [1.807, 2.05) is 24.3 Å². The van der Waals surface area contributed by atoms with Gasteiger partial charge in [0, 0.05) is 5.56 Å². The van der Waals surface area contributed by atoms with E-state index in [0.717, 1.165) is 11.0 Å². The SMILES string of the molecule is FC(F)Oc1ccccc1/C=N\Nc1nc2ccccc2[nH]1. The molecule has 0 aliphatic rings. The van der Waals surface area contributed by atoms with E-state index in [1.54, 1.807) is 18.2 Å². The summed E-state index contributed by atoms with van der Waals surface area (Å²) in [5, 5.41) is 3.98. The summed E-state index contributed by atoms with van der Waals surface area (Å²) in [4.78, 5) is 7.32. The number of halogens is 2. The van der Waals surface area contributed by atoms with Crippen molar-refractivity contribution >= 4 is 23.2 Å². The van der Waals surface area contributed by atoms with Crippen molar-refractivity contribution in [2.75, 3.05) is 5.43 Å². The van der Waals surface area contributed by atoms with Crippen molar-refractivity contribution in [2.45, 2.75) is 6.61 Å². The van der Waals surface area contributed by atoms with Gasteiger partial charge in [-0.2, -0.15) is 13.9 Å². The molecule has 0 aliphatic carbocycles. The van der Waals surface area contributed by atoms with Crippen molar-refractivity contribution in [3.63, 3.8) is 0 Å². The second kappa shape index (κ2) is 6.21. The molecule has 0 spiro atoms. The van der Waals surface area contributed by atoms with Crippen LogP contribution in [0.5, 0.6) is 5.75 Å². The van der Waals surface area contributed by atoms with Gasteiger partial charge < -0.3 is 9.72 Å². The van der Waals surface area contributed by atoms with E-state index < -0.39 is 6.61 Å². The molecule has 22 heavy (non-hydrogen) atoms. The number of hydrazone groups is 1. The molecular weight excluding hydrogens is 290 g/mol. The second-order valence-corrected chi connectivity index (χ2v) is 4.39. The van der Waals surface area contributed by atoms with Crippen LogP contribution < -0.4 is 10.2 Å². The van der Waals surface area contributed by atoms with Gasteiger partial charge in [-0.1, -0.05) is 24.3 Å². The molecule has 7 heteroatoms. The van der Waals surface area contributed by atoms with Crippen LogP contribution in [0.25, 0.3) is 11.0 Å². The van der Waals surface area contributed by atoms with Gasteiger partial charge in [0.25, 0.3) is 0 Å². The standard InChI is InChI=1S/C15H12F2N4O/c16-14(17)22-13-8-4-1-5-10(13)9-18-21-15-19-11-6-2-3-7-12(11)20-15/h1-9,14H,(H2,19,20,21)/b18-9-. The Morgan fingerprint density at radius 3 is 2.73 bits per heavy atom. The molecule has 0 fully saturated rings. The van der Waals surface area contributed by atoms with Crippen LogP contribution in [-0.2, 0) is 0 Å². The molecule has 0 unspecified atom stereocenters. The monoisotopic (exact) mass is 302 g/mol. The summed E-state index contributed by atoms with van der Waals surface area (Å²) in [6.07, 6.45) is 1.39. The lowest BCUT2D eigenvalue weighted by Crippen LogP contribution is -2.04. The number of anilines is 1. The maximum Gasteiger partial charge on any atom is 0.387 e. The van der Waals surface area contributed by atoms with Gasteiger partial charge in [-0.15, -0.1) is 0 Å². The topological polar surface area (TPSA) is 62.3 Å². The van der Waals surface area contributed by atoms with Crippen molar-refractivity contribution < 1.29 is 13.5 Å². The van der Waals surface area contributed by atoms with Crippen LogP contribution in [-0.4, -0.2) is 22.8 Å². The highest BCUT2D eigenvalue weighted by atomic mass is 19.3. The lowest BCUT2D eigenvalue weighted by molar-refractivity contribution is -0.0499. The van der Waals surface area contributed by atoms with E-state index in [9.17, 15) is 8.78 Å². The summed E-state index contributed by atoms with van der Waals surface area (Å²) in [6.45, 7) is -2.88. The molecule has 5 nitrogen and oxygen atoms in total. The average molecular weight is 302 g/mol. The normalized spacial score (nSPS) is 11.4. The third-order valence-corrected chi connectivity index (χ3v) is 2.90. The highest BCUT2D eigenvalue weighted by molar-refractivity contribution is 5.84. The number of aromatic amines is 1. The van der Waals surface area contributed by atoms with Crippen molar-refractivity contribution in [3.8, 4) is 5.75 Å². The number of para-hydroxylation sites is 3. The van der Waals surface area contributed by atoms with Crippen LogP contribution >= 0.6 is 0 Å². The van der Waals surface area contributed by atoms with Gasteiger partial charge in [-0.25, -0.2) is 10.4 Å². The summed E-state index contributed by atoms with van der Waals surface area (Å²) in [5.41, 5.74) is 4.84. The van der Waals surface area contributed by atoms with Gasteiger partial charge in [-0.05, 0) is 24.3 Å². The molecule has 3 rings (SSSR count). The number of imidazole rings is 1. The van der Waals surface area contributed by atoms with Crippen molar-refractivity contribution in [2.24, 2.45) is 5.10 Å². The van der Waals surface area contributed by atoms with Gasteiger partial charge in [0.1, 0.15) is 5.75 Å². The zero-order valence-corrected chi connectivity index (χ0v) is 11.3. The van der Waals surface area contributed by atoms with E-state index in [-0.39, 0.29) is 5.75 Å². The summed E-state index contributed by atoms with van der Waals surface area (Å²) >= 11 is 0. The van der Waals surface area contributed by atoms with E-state index >= 15 is 0 Å². The second-order valence-electron chi connectivity index (χ2n) is 4.39. The number of aromatic nitrogens is 2. The van der Waals surface area contributed by atoms with Crippen molar-refractivity contribution in [3.05, 3.63) is 54.1 Å². The maximum atomic E-state index is 12.3. The molecule has 0 amide bonds. The van der Waals surface area contributed by atoms with Crippen LogP contribution in [0.2, 0.25) is 0 Å². The maximum absolute atomic E-state index is 12.3. The number of hydrogen-bond donors (Lipinski definition) is 2. The lowest BCUT2D eigenvalue weighted by atomic mass is 10.2. The Morgan fingerprint density at radius 1 is 1.14 bits per heavy atom. The number of alkyl halides is 2. The number of ether oxygens (including phenoxy) is 1. The van der Waals surface area contributed by atoms with Crippen LogP contribution in [0.15, 0.2) is 53.6 Å². The lowest BCUT2D eigenvalue weighted by Gasteiger charge is -2.06. The van der Waals surface area contributed by atoms with E-state index in [2.05, 4.69) is 25.2 Å². The zero-order valence-electron chi connectivity index (χ0n) is 11.3. The van der Waals surface area contributed by atoms with Crippen LogP contribution in [0.1, 0.15) is 5.56 Å². The van der Waals surface area contributed by atoms with Crippen LogP contribution in [0.3, 0.4) is 0 Å². The smallest absolute Gasteiger partial charge is 0.387 e. The minimum absolute atomic E-state index is 0.0626. The molecule has 0 saturated heterocycles. The first-order valence-corrected chi connectivity index (χ1v) is 6.50. The van der Waals surface area contributed by atoms with Crippen molar-refractivity contribution in [1.29, 1.82) is 0 Å². The molecule has 0 radical (unpaired) electrons. The molecule has 1 aromatic heterocycles. The van der Waals surface area contributed by atoms with Gasteiger partial charge in [0.15, 0.2) is 0 Å². The molecular formula is C15H12F2N4O. The van der Waals surface area contributed by atoms with Gasteiger partial charge in [-0.3, -0.25) is 0 Å². The fourth-order valence-electron chi connectivity index (χ4n) is 1.96. The Hall–Kier alpha value is -2.96. The minimum Gasteiger partial charge on any atom is -0.434 e. The minimum atomic E-state index is -2.88. The molecule has 112 valence electrons. The summed E-state index contributed by atoms with van der Waals surface area (Å²) in [5.74, 6) is 0.525. The van der Waals surface area contributed by atoms with Gasteiger partial charge in [0.05, 0.1) is 17.2 Å². The number of benzene rings is 2. The average Bonchev–Trinajstić information content (AvgIpc) is 2.91. The summed E-state index contributed by atoms with van der Waals surface area (Å²) in [7, 11) is 0. The summed E-state index contributed by atoms with van der Waals surface area (Å²) in [6, 6.07) is 13.9. The molecule has 2 N–H and O–H groups in total. The fourth-order valence-corrected chi connectivity index (χ4v) is 1.96. The Kier molecular flexibility index (Phi) is 3.95. The molecule has 0 saturated carbocycles. The molecule has 1 heterocycles. The molecule has 0 aliphatic heterocycles. The van der Waals surface area contributed by atoms with E-state index in [4.69, 9.17) is 0 Å². The number of H-pyrrole nitrogens is 1. The first kappa shape index (κ1) is 14.0. The predicted octanol–water partition coefficient (Wildman–Crippen LogP) is 3.61. The van der Waals surface area contributed by atoms with E-state index in [1.165, 1.54) is 12.3 Å². The molecule has 3 aromatic rings. The Balaban J connectivity index is 1.74. The Bertz CT molecular complexity index is 768. The number of fused-ring (bicyclic) bond motifs is 1. The number of hydrogen-bond acceptors (Lipinski definition) is 4. The first-order valence-electron chi connectivity index (χ1n) is 6.50. The highest BCUT2D eigenvalue weighted by Crippen LogP contribution is 2.18. The highest BCUT2D eigenvalue weighted by Gasteiger charge is 2.07. The summed E-state index contributed by atoms with van der Waals surface area (Å²) < 4.78 is 29.0. The Morgan fingerprint density at radius 2 is 1.91 bits per heavy atom. The third kappa shape index (κ3) is 3.20. The molecule has 0 atom stereocenters. The van der Waals surface area contributed by atoms with Crippen LogP contribution in [0, 0.1) is 0 Å². The fraction of sp³-hybridized carbons (Fsp3) is 0.0667. The Labute approximate surface area is 124 Å². The first-order chi connectivity index (χ1) is 10.7. The number of rotatable bonds is 5. The molecule has 0 bridgehead atoms. The predicted molar refractivity (Wildman–Crippen MR) is 80.4 cm³/mol. The van der Waals surface area contributed by atoms with Crippen LogP contribution in [0.4, 0.5) is 14.7 Å². The zero-order chi connectivity index (χ0) is 15.4. The van der Waals surface area contributed by atoms with Crippen molar-refractivity contribution in [1.82, 2.24) is 9.97 Å². The van der Waals surface area contributed by atoms with Gasteiger partial charge >= 0.3 is 6.61 Å². The largest absolute Gasteiger partial charge is 0.434 e. The van der Waals surface area contributed by atoms with E-state index in [0.29, 0.717) is 11.5 Å². The third-order valence-electron chi connectivity index (χ3n) is 2.90. The quantitative estimate of drug-likeness (QED) is 0.559. The number of nitrogens with one attached hydrogen (secondary N) is 2.